The molecule has 1 aliphatic rings. The van der Waals surface area contributed by atoms with E-state index in [-0.39, 0.29) is 11.4 Å². The molecule has 0 aromatic heterocycles. The first-order valence-corrected chi connectivity index (χ1v) is 7.87. The van der Waals surface area contributed by atoms with Crippen LogP contribution in [0.25, 0.3) is 0 Å². The van der Waals surface area contributed by atoms with Crippen LogP contribution in [0, 0.1) is 0 Å². The Morgan fingerprint density at radius 2 is 1.65 bits per heavy atom. The van der Waals surface area contributed by atoms with E-state index in [1.165, 1.54) is 13.8 Å². The van der Waals surface area contributed by atoms with Gasteiger partial charge in [0.05, 0.1) is 5.69 Å². The van der Waals surface area contributed by atoms with Gasteiger partial charge in [0.2, 0.25) is 0 Å². The van der Waals surface area contributed by atoms with E-state index in [0.29, 0.717) is 17.2 Å². The lowest BCUT2D eigenvalue weighted by Crippen LogP contribution is -2.40. The molecule has 1 heterocycles. The molecule has 0 saturated heterocycles. The Morgan fingerprint density at radius 3 is 2.27 bits per heavy atom. The molecule has 0 amide bonds. The third-order valence-corrected chi connectivity index (χ3v) is 3.42. The molecule has 0 unspecified atom stereocenters. The van der Waals surface area contributed by atoms with Crippen molar-refractivity contribution >= 4 is 17.5 Å². The van der Waals surface area contributed by atoms with Gasteiger partial charge in [-0.05, 0) is 36.4 Å². The van der Waals surface area contributed by atoms with Crippen molar-refractivity contribution in [3.05, 3.63) is 66.1 Å². The summed E-state index contributed by atoms with van der Waals surface area (Å²) in [5.41, 5.74) is 5.99. The molecule has 26 heavy (non-hydrogen) atoms. The van der Waals surface area contributed by atoms with Crippen LogP contribution >= 0.6 is 0 Å². The van der Waals surface area contributed by atoms with Crippen molar-refractivity contribution < 1.29 is 24.1 Å². The van der Waals surface area contributed by atoms with Gasteiger partial charge in [0.15, 0.2) is 5.57 Å². The van der Waals surface area contributed by atoms with Gasteiger partial charge in [-0.15, -0.1) is 0 Å². The number of amidine groups is 1. The Bertz CT molecular complexity index is 871. The molecule has 1 aliphatic heterocycles. The molecule has 2 aromatic rings. The third kappa shape index (κ3) is 3.94. The average molecular weight is 354 g/mol. The second-order valence-electron chi connectivity index (χ2n) is 5.98. The monoisotopic (exact) mass is 354 g/mol. The summed E-state index contributed by atoms with van der Waals surface area (Å²) in [5.74, 6) is -1.55. The second kappa shape index (κ2) is 6.79. The van der Waals surface area contributed by atoms with E-state index in [2.05, 4.69) is 4.99 Å². The fraction of sp³-hybridized carbons (Fsp3) is 0.158. The summed E-state index contributed by atoms with van der Waals surface area (Å²) in [6.07, 6.45) is 0. The van der Waals surface area contributed by atoms with Gasteiger partial charge in [-0.2, -0.15) is 0 Å². The van der Waals surface area contributed by atoms with E-state index in [1.807, 2.05) is 30.3 Å². The lowest BCUT2D eigenvalue weighted by molar-refractivity contribution is -0.220. The Balaban J connectivity index is 1.78. The highest BCUT2D eigenvalue weighted by molar-refractivity contribution is 6.19. The summed E-state index contributed by atoms with van der Waals surface area (Å²) < 4.78 is 15.8. The fourth-order valence-electron chi connectivity index (χ4n) is 2.29. The predicted molar refractivity (Wildman–Crippen MR) is 95.2 cm³/mol. The lowest BCUT2D eigenvalue weighted by atomic mass is 10.2. The molecule has 0 bridgehead atoms. The van der Waals surface area contributed by atoms with Crippen LogP contribution < -0.4 is 10.5 Å². The number of aliphatic imine (C=N–C) groups is 1. The standard InChI is InChI=1S/C19H18N2O5/c1-19(2)25-17(22)15(18(23)26-19)16(20)21-12-8-10-14(11-9-12)24-13-6-4-3-5-7-13/h3-11,22H,1-2H3,(H2,20,21). The number of nitrogens with zero attached hydrogens (tertiary/aromatic N) is 1. The molecule has 0 fully saturated rings. The summed E-state index contributed by atoms with van der Waals surface area (Å²) in [5, 5.41) is 9.91. The highest BCUT2D eigenvalue weighted by Crippen LogP contribution is 2.27. The maximum Gasteiger partial charge on any atom is 0.352 e. The normalized spacial score (nSPS) is 16.7. The Labute approximate surface area is 150 Å². The molecule has 134 valence electrons. The van der Waals surface area contributed by atoms with Crippen molar-refractivity contribution in [1.29, 1.82) is 0 Å². The smallest absolute Gasteiger partial charge is 0.352 e. The van der Waals surface area contributed by atoms with Crippen molar-refractivity contribution in [2.45, 2.75) is 19.6 Å². The zero-order valence-electron chi connectivity index (χ0n) is 14.3. The number of cyclic esters (lactones) is 1. The number of hydrogen-bond donors (Lipinski definition) is 2. The summed E-state index contributed by atoms with van der Waals surface area (Å²) >= 11 is 0. The molecule has 0 spiro atoms. The molecular weight excluding hydrogens is 336 g/mol. The van der Waals surface area contributed by atoms with Gasteiger partial charge >= 0.3 is 5.97 Å². The van der Waals surface area contributed by atoms with Gasteiger partial charge in [-0.3, -0.25) is 0 Å². The minimum absolute atomic E-state index is 0.209. The summed E-state index contributed by atoms with van der Waals surface area (Å²) in [6.45, 7) is 2.99. The minimum Gasteiger partial charge on any atom is -0.480 e. The summed E-state index contributed by atoms with van der Waals surface area (Å²) in [4.78, 5) is 16.1. The summed E-state index contributed by atoms with van der Waals surface area (Å²) in [6, 6.07) is 16.1. The number of carbonyl (C=O) groups is 1. The molecule has 0 saturated carbocycles. The first-order chi connectivity index (χ1) is 12.3. The molecule has 0 radical (unpaired) electrons. The number of carbonyl (C=O) groups excluding carboxylic acids is 1. The number of para-hydroxylation sites is 1. The Kier molecular flexibility index (Phi) is 4.53. The number of ether oxygens (including phenoxy) is 3. The first kappa shape index (κ1) is 17.3. The van der Waals surface area contributed by atoms with Gasteiger partial charge in [-0.25, -0.2) is 9.79 Å². The number of nitrogens with two attached hydrogens (primary N) is 1. The number of benzene rings is 2. The van der Waals surface area contributed by atoms with E-state index in [0.717, 1.165) is 0 Å². The average Bonchev–Trinajstić information content (AvgIpc) is 2.56. The number of esters is 1. The topological polar surface area (TPSA) is 103 Å². The van der Waals surface area contributed by atoms with Crippen LogP contribution in [0.15, 0.2) is 71.1 Å². The highest BCUT2D eigenvalue weighted by Gasteiger charge is 2.38. The van der Waals surface area contributed by atoms with E-state index >= 15 is 0 Å². The van der Waals surface area contributed by atoms with Gasteiger partial charge in [0, 0.05) is 13.8 Å². The van der Waals surface area contributed by atoms with Crippen molar-refractivity contribution in [3.63, 3.8) is 0 Å². The number of aliphatic hydroxyl groups is 1. The molecule has 7 nitrogen and oxygen atoms in total. The Morgan fingerprint density at radius 1 is 1.04 bits per heavy atom. The molecule has 3 N–H and O–H groups in total. The predicted octanol–water partition coefficient (Wildman–Crippen LogP) is 3.55. The van der Waals surface area contributed by atoms with Crippen LogP contribution in [0.5, 0.6) is 11.5 Å². The third-order valence-electron chi connectivity index (χ3n) is 3.42. The molecule has 3 rings (SSSR count). The highest BCUT2D eigenvalue weighted by atomic mass is 16.8. The molecule has 0 atom stereocenters. The van der Waals surface area contributed by atoms with Crippen molar-refractivity contribution in [2.75, 3.05) is 0 Å². The maximum absolute atomic E-state index is 12.0. The fourth-order valence-corrected chi connectivity index (χ4v) is 2.29. The van der Waals surface area contributed by atoms with Gasteiger partial charge in [-0.1, -0.05) is 18.2 Å². The van der Waals surface area contributed by atoms with Gasteiger partial charge < -0.3 is 25.1 Å². The van der Waals surface area contributed by atoms with Gasteiger partial charge in [0.25, 0.3) is 11.7 Å². The quantitative estimate of drug-likeness (QED) is 0.494. The van der Waals surface area contributed by atoms with E-state index in [4.69, 9.17) is 19.9 Å². The van der Waals surface area contributed by atoms with Crippen molar-refractivity contribution in [3.8, 4) is 11.5 Å². The largest absolute Gasteiger partial charge is 0.480 e. The van der Waals surface area contributed by atoms with Crippen molar-refractivity contribution in [1.82, 2.24) is 0 Å². The SMILES string of the molecule is CC1(C)OC(=O)C(C(N)=Nc2ccc(Oc3ccccc3)cc2)=C(O)O1. The van der Waals surface area contributed by atoms with Crippen LogP contribution in [0.4, 0.5) is 5.69 Å². The van der Waals surface area contributed by atoms with Gasteiger partial charge in [0.1, 0.15) is 17.3 Å². The molecule has 7 heteroatoms. The van der Waals surface area contributed by atoms with Crippen molar-refractivity contribution in [2.24, 2.45) is 10.7 Å². The molecular formula is C19H18N2O5. The number of aliphatic hydroxyl groups excluding tert-OH is 1. The zero-order chi connectivity index (χ0) is 18.7. The molecule has 2 aromatic carbocycles. The zero-order valence-corrected chi connectivity index (χ0v) is 14.3. The van der Waals surface area contributed by atoms with Crippen LogP contribution in [-0.2, 0) is 14.3 Å². The minimum atomic E-state index is -1.26. The second-order valence-corrected chi connectivity index (χ2v) is 5.98. The van der Waals surface area contributed by atoms with Crippen LogP contribution in [0.1, 0.15) is 13.8 Å². The van der Waals surface area contributed by atoms with E-state index in [1.54, 1.807) is 24.3 Å². The van der Waals surface area contributed by atoms with Crippen LogP contribution in [-0.4, -0.2) is 22.7 Å². The summed E-state index contributed by atoms with van der Waals surface area (Å²) in [7, 11) is 0. The number of hydrogen-bond acceptors (Lipinski definition) is 6. The van der Waals surface area contributed by atoms with Crippen LogP contribution in [0.2, 0.25) is 0 Å². The van der Waals surface area contributed by atoms with E-state index < -0.39 is 17.7 Å². The number of rotatable bonds is 4. The first-order valence-electron chi connectivity index (χ1n) is 7.87. The maximum atomic E-state index is 12.0. The molecule has 0 aliphatic carbocycles. The lowest BCUT2D eigenvalue weighted by Gasteiger charge is -2.30. The van der Waals surface area contributed by atoms with Crippen LogP contribution in [0.3, 0.4) is 0 Å². The van der Waals surface area contributed by atoms with E-state index in [9.17, 15) is 9.90 Å². The Hall–Kier alpha value is -3.48.